The van der Waals surface area contributed by atoms with Crippen LogP contribution in [0.2, 0.25) is 0 Å². The molecule has 96 valence electrons. The molecule has 3 nitrogen and oxygen atoms in total. The minimum Gasteiger partial charge on any atom is -0.392 e. The van der Waals surface area contributed by atoms with Crippen LogP contribution in [-0.2, 0) is 13.0 Å². The van der Waals surface area contributed by atoms with E-state index in [2.05, 4.69) is 23.4 Å². The Morgan fingerprint density at radius 2 is 2.12 bits per heavy atom. The summed E-state index contributed by atoms with van der Waals surface area (Å²) in [5, 5.41) is 10.5. The van der Waals surface area contributed by atoms with Crippen LogP contribution in [0.3, 0.4) is 0 Å². The average molecular weight is 236 g/mol. The fraction of sp³-hybridized carbons (Fsp3) is 0.786. The number of nitrogens with zero attached hydrogens (tertiary/aromatic N) is 2. The summed E-state index contributed by atoms with van der Waals surface area (Å²) >= 11 is 0. The number of hydrogen-bond acceptors (Lipinski definition) is 2. The number of aliphatic hydroxyl groups excluding tert-OH is 1. The number of aryl methyl sites for hydroxylation is 1. The Morgan fingerprint density at radius 3 is 2.76 bits per heavy atom. The van der Waals surface area contributed by atoms with Crippen molar-refractivity contribution in [3.05, 3.63) is 18.2 Å². The highest BCUT2D eigenvalue weighted by Crippen LogP contribution is 2.39. The van der Waals surface area contributed by atoms with E-state index >= 15 is 0 Å². The molecule has 3 heteroatoms. The molecule has 2 rings (SSSR count). The molecule has 17 heavy (non-hydrogen) atoms. The average Bonchev–Trinajstić information content (AvgIpc) is 2.77. The van der Waals surface area contributed by atoms with Gasteiger partial charge >= 0.3 is 0 Å². The number of rotatable bonds is 4. The van der Waals surface area contributed by atoms with Gasteiger partial charge in [0.1, 0.15) is 5.82 Å². The molecule has 1 aliphatic carbocycles. The van der Waals surface area contributed by atoms with Crippen LogP contribution in [0.25, 0.3) is 0 Å². The van der Waals surface area contributed by atoms with Gasteiger partial charge < -0.3 is 9.67 Å². The molecule has 1 unspecified atom stereocenters. The van der Waals surface area contributed by atoms with Crippen LogP contribution in [0, 0.1) is 5.41 Å². The van der Waals surface area contributed by atoms with Crippen LogP contribution in [0.15, 0.2) is 12.4 Å². The minimum atomic E-state index is -0.254. The molecule has 0 aliphatic heterocycles. The summed E-state index contributed by atoms with van der Waals surface area (Å²) in [4.78, 5) is 4.36. The Morgan fingerprint density at radius 1 is 1.41 bits per heavy atom. The molecular weight excluding hydrogens is 212 g/mol. The smallest absolute Gasteiger partial charge is 0.111 e. The molecule has 0 radical (unpaired) electrons. The Hall–Kier alpha value is -0.830. The Kier molecular flexibility index (Phi) is 3.87. The molecule has 1 fully saturated rings. The second kappa shape index (κ2) is 5.21. The fourth-order valence-electron chi connectivity index (χ4n) is 2.93. The molecule has 1 N–H and O–H groups in total. The zero-order valence-corrected chi connectivity index (χ0v) is 11.0. The van der Waals surface area contributed by atoms with Gasteiger partial charge in [-0.25, -0.2) is 4.98 Å². The molecule has 1 atom stereocenters. The van der Waals surface area contributed by atoms with Gasteiger partial charge in [0.25, 0.3) is 0 Å². The number of aliphatic hydroxyl groups is 1. The second-order valence-electron chi connectivity index (χ2n) is 5.56. The summed E-state index contributed by atoms with van der Waals surface area (Å²) in [6.07, 6.45) is 10.4. The van der Waals surface area contributed by atoms with Crippen LogP contribution < -0.4 is 0 Å². The quantitative estimate of drug-likeness (QED) is 0.873. The summed E-state index contributed by atoms with van der Waals surface area (Å²) in [7, 11) is 0. The SMILES string of the molecule is CCn1ccnc1CC(O)C1(C)CCCCC1. The van der Waals surface area contributed by atoms with Crippen molar-refractivity contribution in [2.75, 3.05) is 0 Å². The first kappa shape index (κ1) is 12.6. The Bertz CT molecular complexity index is 353. The largest absolute Gasteiger partial charge is 0.392 e. The van der Waals surface area contributed by atoms with E-state index in [-0.39, 0.29) is 11.5 Å². The third-order valence-corrected chi connectivity index (χ3v) is 4.32. The van der Waals surface area contributed by atoms with Gasteiger partial charge in [-0.3, -0.25) is 0 Å². The third-order valence-electron chi connectivity index (χ3n) is 4.32. The highest BCUT2D eigenvalue weighted by atomic mass is 16.3. The molecule has 0 bridgehead atoms. The summed E-state index contributed by atoms with van der Waals surface area (Å²) in [6, 6.07) is 0. The van der Waals surface area contributed by atoms with Crippen LogP contribution in [0.1, 0.15) is 51.8 Å². The number of aromatic nitrogens is 2. The first-order valence-electron chi connectivity index (χ1n) is 6.84. The molecule has 0 saturated heterocycles. The third kappa shape index (κ3) is 2.71. The van der Waals surface area contributed by atoms with Gasteiger partial charge in [-0.15, -0.1) is 0 Å². The highest BCUT2D eigenvalue weighted by Gasteiger charge is 2.34. The first-order valence-corrected chi connectivity index (χ1v) is 6.84. The monoisotopic (exact) mass is 236 g/mol. The fourth-order valence-corrected chi connectivity index (χ4v) is 2.93. The van der Waals surface area contributed by atoms with Crippen molar-refractivity contribution in [2.24, 2.45) is 5.41 Å². The maximum Gasteiger partial charge on any atom is 0.111 e. The van der Waals surface area contributed by atoms with Crippen LogP contribution in [-0.4, -0.2) is 20.8 Å². The highest BCUT2D eigenvalue weighted by molar-refractivity contribution is 4.98. The maximum absolute atomic E-state index is 10.5. The number of imidazole rings is 1. The molecule has 1 heterocycles. The van der Waals surface area contributed by atoms with E-state index in [1.54, 1.807) is 0 Å². The Balaban J connectivity index is 2.02. The van der Waals surface area contributed by atoms with Crippen molar-refractivity contribution < 1.29 is 5.11 Å². The van der Waals surface area contributed by atoms with E-state index in [0.29, 0.717) is 6.42 Å². The number of hydrogen-bond donors (Lipinski definition) is 1. The lowest BCUT2D eigenvalue weighted by Crippen LogP contribution is -2.36. The zero-order valence-electron chi connectivity index (χ0n) is 11.0. The van der Waals surface area contributed by atoms with Crippen LogP contribution in [0.5, 0.6) is 0 Å². The van der Waals surface area contributed by atoms with Crippen molar-refractivity contribution in [3.63, 3.8) is 0 Å². The van der Waals surface area contributed by atoms with E-state index in [9.17, 15) is 5.11 Å². The van der Waals surface area contributed by atoms with Gasteiger partial charge in [-0.05, 0) is 25.2 Å². The molecule has 0 spiro atoms. The van der Waals surface area contributed by atoms with Crippen molar-refractivity contribution >= 4 is 0 Å². The van der Waals surface area contributed by atoms with Gasteiger partial charge in [0.2, 0.25) is 0 Å². The lowest BCUT2D eigenvalue weighted by atomic mass is 9.71. The van der Waals surface area contributed by atoms with Crippen molar-refractivity contribution in [3.8, 4) is 0 Å². The zero-order chi connectivity index (χ0) is 12.3. The second-order valence-corrected chi connectivity index (χ2v) is 5.56. The standard InChI is InChI=1S/C14H24N2O/c1-3-16-10-9-15-13(16)11-12(17)14(2)7-5-4-6-8-14/h9-10,12,17H,3-8,11H2,1-2H3. The van der Waals surface area contributed by atoms with Crippen LogP contribution in [0.4, 0.5) is 0 Å². The lowest BCUT2D eigenvalue weighted by Gasteiger charge is -2.37. The maximum atomic E-state index is 10.5. The van der Waals surface area contributed by atoms with Crippen molar-refractivity contribution in [1.29, 1.82) is 0 Å². The van der Waals surface area contributed by atoms with E-state index in [1.807, 2.05) is 12.4 Å². The predicted molar refractivity (Wildman–Crippen MR) is 68.8 cm³/mol. The molecular formula is C14H24N2O. The van der Waals surface area contributed by atoms with E-state index in [4.69, 9.17) is 0 Å². The normalized spacial score (nSPS) is 21.4. The summed E-state index contributed by atoms with van der Waals surface area (Å²) in [6.45, 7) is 5.27. The summed E-state index contributed by atoms with van der Waals surface area (Å²) < 4.78 is 2.12. The topological polar surface area (TPSA) is 38.0 Å². The molecule has 1 aromatic rings. The molecule has 0 amide bonds. The minimum absolute atomic E-state index is 0.1000. The van der Waals surface area contributed by atoms with Gasteiger partial charge in [0.05, 0.1) is 6.10 Å². The van der Waals surface area contributed by atoms with Crippen molar-refractivity contribution in [1.82, 2.24) is 9.55 Å². The van der Waals surface area contributed by atoms with Gasteiger partial charge in [-0.2, -0.15) is 0 Å². The molecule has 1 saturated carbocycles. The molecule has 1 aromatic heterocycles. The summed E-state index contributed by atoms with van der Waals surface area (Å²) in [5.41, 5.74) is 0.1000. The van der Waals surface area contributed by atoms with E-state index in [0.717, 1.165) is 25.2 Å². The first-order chi connectivity index (χ1) is 8.15. The van der Waals surface area contributed by atoms with Gasteiger partial charge in [0, 0.05) is 25.4 Å². The predicted octanol–water partition coefficient (Wildman–Crippen LogP) is 2.78. The van der Waals surface area contributed by atoms with Gasteiger partial charge in [-0.1, -0.05) is 26.2 Å². The van der Waals surface area contributed by atoms with Gasteiger partial charge in [0.15, 0.2) is 0 Å². The van der Waals surface area contributed by atoms with Crippen LogP contribution >= 0.6 is 0 Å². The summed E-state index contributed by atoms with van der Waals surface area (Å²) in [5.74, 6) is 1.02. The Labute approximate surface area is 104 Å². The molecule has 0 aromatic carbocycles. The van der Waals surface area contributed by atoms with Crippen molar-refractivity contribution in [2.45, 2.75) is 65.0 Å². The van der Waals surface area contributed by atoms with E-state index in [1.165, 1.54) is 19.3 Å². The van der Waals surface area contributed by atoms with E-state index < -0.39 is 0 Å². The lowest BCUT2D eigenvalue weighted by molar-refractivity contribution is 0.00863. The molecule has 1 aliphatic rings.